The average molecular weight is 647 g/mol. The van der Waals surface area contributed by atoms with Crippen molar-refractivity contribution in [2.45, 2.75) is 122 Å². The fourth-order valence-electron chi connectivity index (χ4n) is 9.00. The highest BCUT2D eigenvalue weighted by molar-refractivity contribution is 6.04. The van der Waals surface area contributed by atoms with Crippen LogP contribution >= 0.6 is 0 Å². The number of aryl methyl sites for hydroxylation is 1. The number of rotatable bonds is 15. The molecule has 4 N–H and O–H groups in total. The Morgan fingerprint density at radius 3 is 2.79 bits per heavy atom. The van der Waals surface area contributed by atoms with Crippen molar-refractivity contribution in [2.75, 3.05) is 26.3 Å². The lowest BCUT2D eigenvalue weighted by atomic mass is 9.69. The van der Waals surface area contributed by atoms with E-state index in [0.717, 1.165) is 93.9 Å². The summed E-state index contributed by atoms with van der Waals surface area (Å²) in [7, 11) is 0. The van der Waals surface area contributed by atoms with Crippen LogP contribution in [-0.2, 0) is 11.2 Å². The standard InChI is InChI=1S/C40H58N2O5/c1-3-4-11-37-30(25-43)21-31(47-37)15-12-28-13-17-36(45)38(20-28)46-26-40(18-6-5-7-19-40)39-22-33-34(24-41-23-27(2)44)32-10-8-9-29(32)14-16-35(33)42-39/h13,17,20-22,27,29,32,34,37,41,43-45H,3-12,14-16,18-19,23-26H2,1-2H3. The molecular weight excluding hydrogens is 588 g/mol. The first-order chi connectivity index (χ1) is 22.9. The third-order valence-corrected chi connectivity index (χ3v) is 11.7. The van der Waals surface area contributed by atoms with Crippen molar-refractivity contribution < 1.29 is 24.8 Å². The van der Waals surface area contributed by atoms with E-state index >= 15 is 0 Å². The molecule has 3 saturated carbocycles. The van der Waals surface area contributed by atoms with Crippen molar-refractivity contribution in [3.8, 4) is 11.5 Å². The van der Waals surface area contributed by atoms with Gasteiger partial charge in [0, 0.05) is 32.2 Å². The van der Waals surface area contributed by atoms with Gasteiger partial charge in [-0.05, 0) is 75.0 Å². The number of hydrogen-bond donors (Lipinski definition) is 4. The Morgan fingerprint density at radius 1 is 1.15 bits per heavy atom. The van der Waals surface area contributed by atoms with Crippen LogP contribution in [0, 0.1) is 35.1 Å². The van der Waals surface area contributed by atoms with Crippen molar-refractivity contribution in [1.82, 2.24) is 5.32 Å². The summed E-state index contributed by atoms with van der Waals surface area (Å²) in [5, 5.41) is 34.2. The van der Waals surface area contributed by atoms with E-state index in [-0.39, 0.29) is 30.0 Å². The maximum atomic E-state index is 10.9. The molecule has 3 fully saturated rings. The molecule has 2 aliphatic heterocycles. The number of benzene rings is 1. The molecule has 0 spiro atoms. The molecule has 1 aromatic rings. The quantitative estimate of drug-likeness (QED) is 0.148. The molecule has 7 nitrogen and oxygen atoms in total. The maximum Gasteiger partial charge on any atom is 0.189 e. The van der Waals surface area contributed by atoms with E-state index < -0.39 is 0 Å². The number of nitrogens with one attached hydrogen (secondary N) is 1. The number of aliphatic imine (C=N–C) groups is 1. The van der Waals surface area contributed by atoms with Gasteiger partial charge in [0.15, 0.2) is 23.3 Å². The number of aromatic hydroxyl groups is 1. The Morgan fingerprint density at radius 2 is 2.00 bits per heavy atom. The zero-order chi connectivity index (χ0) is 32.8. The van der Waals surface area contributed by atoms with Crippen LogP contribution in [0.3, 0.4) is 0 Å². The van der Waals surface area contributed by atoms with Crippen LogP contribution in [0.1, 0.15) is 109 Å². The van der Waals surface area contributed by atoms with E-state index in [9.17, 15) is 15.3 Å². The molecule has 47 heavy (non-hydrogen) atoms. The molecule has 0 radical (unpaired) electrons. The van der Waals surface area contributed by atoms with Crippen LogP contribution < -0.4 is 10.1 Å². The number of aliphatic hydroxyl groups is 2. The summed E-state index contributed by atoms with van der Waals surface area (Å²) in [5.41, 5.74) is 3.66. The minimum Gasteiger partial charge on any atom is -0.592 e. The number of allylic oxidation sites excluding steroid dienone is 1. The van der Waals surface area contributed by atoms with Gasteiger partial charge in [0.1, 0.15) is 12.2 Å². The fourth-order valence-corrected chi connectivity index (χ4v) is 9.00. The highest BCUT2D eigenvalue weighted by Crippen LogP contribution is 2.52. The molecule has 6 rings (SSSR count). The number of nitrogens with zero attached hydrogens (tertiary/aromatic N) is 1. The highest BCUT2D eigenvalue weighted by Gasteiger charge is 2.52. The van der Waals surface area contributed by atoms with Gasteiger partial charge in [-0.15, -0.1) is 4.99 Å². The predicted octanol–water partition coefficient (Wildman–Crippen LogP) is 7.40. The molecule has 0 bridgehead atoms. The van der Waals surface area contributed by atoms with Crippen LogP contribution in [-0.4, -0.2) is 59.5 Å². The van der Waals surface area contributed by atoms with Crippen molar-refractivity contribution in [3.05, 3.63) is 59.2 Å². The molecule has 1 aromatic carbocycles. The summed E-state index contributed by atoms with van der Waals surface area (Å²) in [6, 6.07) is 6.90. The largest absolute Gasteiger partial charge is 0.592 e. The van der Waals surface area contributed by atoms with E-state index in [1.165, 1.54) is 49.4 Å². The van der Waals surface area contributed by atoms with Crippen molar-refractivity contribution in [1.29, 1.82) is 0 Å². The topological polar surface area (TPSA) is 104 Å². The van der Waals surface area contributed by atoms with Gasteiger partial charge in [-0.3, -0.25) is 0 Å². The van der Waals surface area contributed by atoms with E-state index in [1.54, 1.807) is 6.07 Å². The zero-order valence-corrected chi connectivity index (χ0v) is 28.8. The van der Waals surface area contributed by atoms with Gasteiger partial charge in [0.05, 0.1) is 23.5 Å². The number of fused-ring (bicyclic) bond motifs is 2. The third kappa shape index (κ3) is 8.00. The fraction of sp³-hybridized carbons (Fsp3) is 0.675. The predicted molar refractivity (Wildman–Crippen MR) is 187 cm³/mol. The van der Waals surface area contributed by atoms with Crippen LogP contribution in [0.25, 0.3) is 0 Å². The molecule has 5 atom stereocenters. The molecule has 5 aliphatic rings. The molecular formula is C40H58N2O5. The number of phenolic OH excluding ortho intramolecular Hbond substituents is 1. The normalized spacial score (nSPS) is 27.4. The number of phenols is 1. The Labute approximate surface area is 282 Å². The molecule has 0 aromatic heterocycles. The summed E-state index contributed by atoms with van der Waals surface area (Å²) in [6.07, 6.45) is 20.7. The molecule has 0 saturated heterocycles. The molecule has 258 valence electrons. The Hall–Kier alpha value is -2.61. The monoisotopic (exact) mass is 646 g/mol. The molecule has 5 unspecified atom stereocenters. The number of unbranched alkanes of at least 4 members (excludes halogenated alkanes) is 1. The van der Waals surface area contributed by atoms with Crippen molar-refractivity contribution in [2.24, 2.45) is 28.2 Å². The molecule has 3 aliphatic carbocycles. The van der Waals surface area contributed by atoms with Gasteiger partial charge in [0.25, 0.3) is 0 Å². The van der Waals surface area contributed by atoms with E-state index in [2.05, 4.69) is 18.3 Å². The Kier molecular flexibility index (Phi) is 11.5. The van der Waals surface area contributed by atoms with E-state index in [4.69, 9.17) is 14.5 Å². The van der Waals surface area contributed by atoms with Crippen molar-refractivity contribution >= 4 is 5.71 Å². The smallest absolute Gasteiger partial charge is 0.189 e. The van der Waals surface area contributed by atoms with E-state index in [1.807, 2.05) is 25.1 Å². The van der Waals surface area contributed by atoms with Gasteiger partial charge in [-0.1, -0.05) is 70.1 Å². The van der Waals surface area contributed by atoms with Crippen LogP contribution in [0.2, 0.25) is 0 Å². The van der Waals surface area contributed by atoms with Gasteiger partial charge < -0.3 is 30.1 Å². The summed E-state index contributed by atoms with van der Waals surface area (Å²) in [5.74, 6) is 4.53. The number of ether oxygens (including phenoxy) is 2. The zero-order valence-electron chi connectivity index (χ0n) is 28.8. The summed E-state index contributed by atoms with van der Waals surface area (Å²) in [6.45, 7) is 6.10. The summed E-state index contributed by atoms with van der Waals surface area (Å²) >= 11 is 0. The first-order valence-electron chi connectivity index (χ1n) is 18.7. The Balaban J connectivity index is 1.15. The molecule has 2 heterocycles. The second-order valence-corrected chi connectivity index (χ2v) is 15.1. The summed E-state index contributed by atoms with van der Waals surface area (Å²) in [4.78, 5) is 5.43. The summed E-state index contributed by atoms with van der Waals surface area (Å²) < 4.78 is 12.8. The Bertz CT molecular complexity index is 1280. The van der Waals surface area contributed by atoms with Gasteiger partial charge >= 0.3 is 0 Å². The SMILES string of the molecule is CCCCC1OC(CCc2ccc(O)c(OCC3([C+]4C=C5C(=N4)CCC4CCCC4C5CNCC(C)O)CCCCC3)c2)=C[C-]1CO. The minimum atomic E-state index is -0.348. The number of hydrogen-bond acceptors (Lipinski definition) is 7. The lowest BCUT2D eigenvalue weighted by molar-refractivity contribution is 0.113. The minimum absolute atomic E-state index is 0.00411. The van der Waals surface area contributed by atoms with Gasteiger partial charge in [-0.2, -0.15) is 12.0 Å². The molecule has 0 amide bonds. The van der Waals surface area contributed by atoms with Crippen LogP contribution in [0.15, 0.2) is 46.7 Å². The highest BCUT2D eigenvalue weighted by atomic mass is 16.5. The lowest BCUT2D eigenvalue weighted by Crippen LogP contribution is -2.36. The van der Waals surface area contributed by atoms with Gasteiger partial charge in [0.2, 0.25) is 0 Å². The first-order valence-corrected chi connectivity index (χ1v) is 18.7. The van der Waals surface area contributed by atoms with E-state index in [0.29, 0.717) is 30.7 Å². The average Bonchev–Trinajstić information content (AvgIpc) is 3.81. The van der Waals surface area contributed by atoms with Crippen LogP contribution in [0.5, 0.6) is 11.5 Å². The molecule has 7 heteroatoms. The second-order valence-electron chi connectivity index (χ2n) is 15.1. The first kappa shape index (κ1) is 34.3. The van der Waals surface area contributed by atoms with Crippen LogP contribution in [0.4, 0.5) is 0 Å². The van der Waals surface area contributed by atoms with Crippen molar-refractivity contribution in [3.63, 3.8) is 0 Å². The van der Waals surface area contributed by atoms with Gasteiger partial charge in [-0.25, -0.2) is 0 Å². The second kappa shape index (κ2) is 15.7. The maximum absolute atomic E-state index is 10.9. The third-order valence-electron chi connectivity index (χ3n) is 11.7. The number of aliphatic hydroxyl groups excluding tert-OH is 2. The lowest BCUT2D eigenvalue weighted by Gasteiger charge is -2.35.